The lowest BCUT2D eigenvalue weighted by molar-refractivity contribution is -0.138. The van der Waals surface area contributed by atoms with Crippen molar-refractivity contribution in [1.82, 2.24) is 5.32 Å². The Morgan fingerprint density at radius 3 is 2.37 bits per heavy atom. The van der Waals surface area contributed by atoms with Crippen molar-refractivity contribution in [2.75, 3.05) is 6.54 Å². The monoisotopic (exact) mass is 424 g/mol. The molecule has 1 rings (SSSR count). The zero-order valence-corrected chi connectivity index (χ0v) is 19.2. The van der Waals surface area contributed by atoms with Gasteiger partial charge in [0.05, 0.1) is 5.57 Å². The minimum Gasteiger partial charge on any atom is -0.511 e. The van der Waals surface area contributed by atoms with Crippen molar-refractivity contribution in [2.45, 2.75) is 85.8 Å². The van der Waals surface area contributed by atoms with Crippen LogP contribution in [0.25, 0.3) is 0 Å². The van der Waals surface area contributed by atoms with Crippen LogP contribution in [0.5, 0.6) is 0 Å². The first-order chi connectivity index (χ1) is 13.6. The summed E-state index contributed by atoms with van der Waals surface area (Å²) in [7, 11) is 0. The number of carboxylic acids is 1. The molecule has 0 aliphatic heterocycles. The molecule has 30 heavy (non-hydrogen) atoms. The van der Waals surface area contributed by atoms with Gasteiger partial charge >= 0.3 is 12.1 Å². The Labute approximate surface area is 178 Å². The van der Waals surface area contributed by atoms with Gasteiger partial charge in [0.1, 0.15) is 17.4 Å². The van der Waals surface area contributed by atoms with Crippen molar-refractivity contribution in [1.29, 1.82) is 0 Å². The van der Waals surface area contributed by atoms with Gasteiger partial charge in [-0.2, -0.15) is 0 Å². The van der Waals surface area contributed by atoms with Crippen LogP contribution in [0, 0.1) is 11.3 Å². The molecule has 0 fully saturated rings. The second-order valence-electron chi connectivity index (χ2n) is 9.89. The number of ether oxygens (including phenoxy) is 1. The molecular formula is C22H36N2O6. The number of hydrogen-bond acceptors (Lipinski definition) is 6. The maximum atomic E-state index is 12.4. The summed E-state index contributed by atoms with van der Waals surface area (Å²) in [5.74, 6) is -1.38. The van der Waals surface area contributed by atoms with Crippen LogP contribution >= 0.6 is 0 Å². The minimum absolute atomic E-state index is 0.0313. The van der Waals surface area contributed by atoms with E-state index in [1.54, 1.807) is 27.7 Å². The third-order valence-electron chi connectivity index (χ3n) is 4.78. The number of rotatable bonds is 8. The van der Waals surface area contributed by atoms with Crippen molar-refractivity contribution >= 4 is 23.6 Å². The fraction of sp³-hybridized carbons (Fsp3) is 0.727. The molecule has 170 valence electrons. The number of hydrogen-bond donors (Lipinski definition) is 3. The third-order valence-corrected chi connectivity index (χ3v) is 4.78. The van der Waals surface area contributed by atoms with E-state index in [0.717, 1.165) is 0 Å². The number of nitrogens with one attached hydrogen (secondary N) is 1. The number of ketones is 1. The van der Waals surface area contributed by atoms with E-state index in [-0.39, 0.29) is 47.0 Å². The topological polar surface area (TPSA) is 125 Å². The highest BCUT2D eigenvalue weighted by molar-refractivity contribution is 6.22. The van der Waals surface area contributed by atoms with Crippen LogP contribution in [0.4, 0.5) is 4.79 Å². The van der Waals surface area contributed by atoms with Gasteiger partial charge in [-0.3, -0.25) is 9.79 Å². The van der Waals surface area contributed by atoms with Crippen molar-refractivity contribution in [2.24, 2.45) is 16.3 Å². The summed E-state index contributed by atoms with van der Waals surface area (Å²) < 4.78 is 5.17. The molecule has 0 heterocycles. The van der Waals surface area contributed by atoms with E-state index in [4.69, 9.17) is 4.74 Å². The summed E-state index contributed by atoms with van der Waals surface area (Å²) >= 11 is 0. The molecule has 2 atom stereocenters. The lowest BCUT2D eigenvalue weighted by Gasteiger charge is -2.29. The Kier molecular flexibility index (Phi) is 8.63. The molecule has 1 aliphatic carbocycles. The first kappa shape index (κ1) is 25.7. The second kappa shape index (κ2) is 10.1. The smallest absolute Gasteiger partial charge is 0.407 e. The number of carboxylic acid groups (broad SMARTS) is 1. The molecule has 1 unspecified atom stereocenters. The molecule has 0 saturated heterocycles. The number of allylic oxidation sites excluding steroid dienone is 2. The van der Waals surface area contributed by atoms with Crippen LogP contribution < -0.4 is 5.32 Å². The molecule has 0 saturated carbocycles. The molecule has 0 bridgehead atoms. The second-order valence-corrected chi connectivity index (χ2v) is 9.89. The van der Waals surface area contributed by atoms with Crippen molar-refractivity contribution in [3.63, 3.8) is 0 Å². The number of aliphatic hydroxyl groups is 1. The Morgan fingerprint density at radius 2 is 1.87 bits per heavy atom. The van der Waals surface area contributed by atoms with E-state index in [0.29, 0.717) is 19.4 Å². The van der Waals surface area contributed by atoms with Gasteiger partial charge in [-0.25, -0.2) is 9.59 Å². The number of nitrogens with zero attached hydrogens (tertiary/aromatic N) is 1. The van der Waals surface area contributed by atoms with Gasteiger partial charge in [-0.05, 0) is 51.9 Å². The summed E-state index contributed by atoms with van der Waals surface area (Å²) in [6.45, 7) is 12.9. The number of carbonyl (C=O) groups is 3. The molecule has 1 aliphatic rings. The van der Waals surface area contributed by atoms with E-state index in [1.807, 2.05) is 20.8 Å². The van der Waals surface area contributed by atoms with Gasteiger partial charge in [0.2, 0.25) is 0 Å². The summed E-state index contributed by atoms with van der Waals surface area (Å²) in [4.78, 5) is 40.1. The number of carbonyl (C=O) groups excluding carboxylic acids is 2. The summed E-state index contributed by atoms with van der Waals surface area (Å²) in [5.41, 5.74) is -0.519. The minimum atomic E-state index is -1.09. The molecule has 8 heteroatoms. The normalized spacial score (nSPS) is 19.3. The van der Waals surface area contributed by atoms with Gasteiger partial charge in [-0.1, -0.05) is 20.8 Å². The number of Topliss-reactive ketones (excluding diaryl/α,β-unsaturated/α-hetero) is 1. The van der Waals surface area contributed by atoms with Crippen LogP contribution in [0.3, 0.4) is 0 Å². The number of aliphatic carboxylic acids is 1. The predicted octanol–water partition coefficient (Wildman–Crippen LogP) is 4.04. The van der Waals surface area contributed by atoms with E-state index in [9.17, 15) is 24.6 Å². The predicted molar refractivity (Wildman–Crippen MR) is 115 cm³/mol. The maximum absolute atomic E-state index is 12.4. The quantitative estimate of drug-likeness (QED) is 0.505. The molecule has 0 aromatic carbocycles. The molecule has 0 radical (unpaired) electrons. The van der Waals surface area contributed by atoms with E-state index >= 15 is 0 Å². The SMILES string of the molecule is CC(=N[C@@H](CC(C)CCNC(=O)OC(C)(C)C)C(=O)O)C1=C(O)CC(C)(C)CC1=O. The van der Waals surface area contributed by atoms with Crippen LogP contribution in [-0.4, -0.2) is 52.0 Å². The lowest BCUT2D eigenvalue weighted by Crippen LogP contribution is -2.33. The average molecular weight is 425 g/mol. The van der Waals surface area contributed by atoms with Gasteiger partial charge < -0.3 is 20.3 Å². The van der Waals surface area contributed by atoms with Gasteiger partial charge in [0.15, 0.2) is 5.78 Å². The van der Waals surface area contributed by atoms with Crippen LogP contribution in [0.1, 0.15) is 74.1 Å². The standard InChI is InChI=1S/C22H36N2O6/c1-13(8-9-23-20(29)30-21(3,4)5)10-15(19(27)28)24-14(2)18-16(25)11-22(6,7)12-17(18)26/h13,15,25H,8-12H2,1-7H3,(H,23,29)(H,27,28)/t13?,15-/m0/s1. The molecule has 0 spiro atoms. The molecule has 0 aromatic rings. The average Bonchev–Trinajstić information content (AvgIpc) is 2.50. The number of alkyl carbamates (subject to hydrolysis) is 1. The Balaban J connectivity index is 2.75. The highest BCUT2D eigenvalue weighted by Gasteiger charge is 2.34. The highest BCUT2D eigenvalue weighted by atomic mass is 16.6. The lowest BCUT2D eigenvalue weighted by atomic mass is 9.75. The Morgan fingerprint density at radius 1 is 1.27 bits per heavy atom. The third kappa shape index (κ3) is 8.55. The van der Waals surface area contributed by atoms with Gasteiger partial charge in [0.25, 0.3) is 0 Å². The fourth-order valence-electron chi connectivity index (χ4n) is 3.44. The van der Waals surface area contributed by atoms with Gasteiger partial charge in [-0.15, -0.1) is 0 Å². The van der Waals surface area contributed by atoms with E-state index in [2.05, 4.69) is 10.3 Å². The number of amides is 1. The Bertz CT molecular complexity index is 730. The first-order valence-electron chi connectivity index (χ1n) is 10.3. The zero-order chi connectivity index (χ0) is 23.3. The summed E-state index contributed by atoms with van der Waals surface area (Å²) in [5, 5.41) is 22.5. The van der Waals surface area contributed by atoms with Crippen LogP contribution in [0.2, 0.25) is 0 Å². The van der Waals surface area contributed by atoms with Crippen molar-refractivity contribution in [3.8, 4) is 0 Å². The van der Waals surface area contributed by atoms with Crippen molar-refractivity contribution in [3.05, 3.63) is 11.3 Å². The number of aliphatic hydroxyl groups excluding tert-OH is 1. The maximum Gasteiger partial charge on any atom is 0.407 e. The first-order valence-corrected chi connectivity index (χ1v) is 10.3. The molecule has 1 amide bonds. The summed E-state index contributed by atoms with van der Waals surface area (Å²) in [6.07, 6.45) is 0.920. The van der Waals surface area contributed by atoms with Crippen molar-refractivity contribution < 1.29 is 29.3 Å². The largest absolute Gasteiger partial charge is 0.511 e. The molecule has 8 nitrogen and oxygen atoms in total. The Hall–Kier alpha value is -2.38. The highest BCUT2D eigenvalue weighted by Crippen LogP contribution is 2.36. The van der Waals surface area contributed by atoms with E-state index in [1.165, 1.54) is 0 Å². The molecule has 3 N–H and O–H groups in total. The van der Waals surface area contributed by atoms with E-state index < -0.39 is 23.7 Å². The molecule has 0 aromatic heterocycles. The zero-order valence-electron chi connectivity index (χ0n) is 19.2. The molecular weight excluding hydrogens is 388 g/mol. The van der Waals surface area contributed by atoms with Crippen LogP contribution in [-0.2, 0) is 14.3 Å². The fourth-order valence-corrected chi connectivity index (χ4v) is 3.44. The number of aliphatic imine (C=N–C) groups is 1. The van der Waals surface area contributed by atoms with Gasteiger partial charge in [0, 0.05) is 25.1 Å². The van der Waals surface area contributed by atoms with Crippen LogP contribution in [0.15, 0.2) is 16.3 Å². The summed E-state index contributed by atoms with van der Waals surface area (Å²) in [6, 6.07) is -1.04.